The van der Waals surface area contributed by atoms with Gasteiger partial charge in [-0.05, 0) is 63.6 Å². The first kappa shape index (κ1) is 15.3. The molecule has 3 aliphatic carbocycles. The number of hydrogen-bond acceptors (Lipinski definition) is 0. The second-order valence-corrected chi connectivity index (χ2v) is 7.44. The van der Waals surface area contributed by atoms with E-state index in [0.717, 1.165) is 35.4 Å². The van der Waals surface area contributed by atoms with Gasteiger partial charge < -0.3 is 0 Å². The topological polar surface area (TPSA) is 0 Å². The lowest BCUT2D eigenvalue weighted by Gasteiger charge is -2.25. The van der Waals surface area contributed by atoms with Crippen molar-refractivity contribution >= 4 is 0 Å². The highest BCUT2D eigenvalue weighted by Crippen LogP contribution is 2.71. The molecule has 1 atom stereocenters. The predicted molar refractivity (Wildman–Crippen MR) is 79.3 cm³/mol. The Hall–Kier alpha value is -1.98. The Bertz CT molecular complexity index is 892. The third-order valence-electron chi connectivity index (χ3n) is 6.40. The van der Waals surface area contributed by atoms with Gasteiger partial charge in [0.25, 0.3) is 0 Å². The molecule has 25 heavy (non-hydrogen) atoms. The zero-order valence-corrected chi connectivity index (χ0v) is 13.2. The van der Waals surface area contributed by atoms with Crippen molar-refractivity contribution in [2.75, 3.05) is 0 Å². The zero-order valence-electron chi connectivity index (χ0n) is 13.2. The van der Waals surface area contributed by atoms with E-state index >= 15 is 0 Å². The van der Waals surface area contributed by atoms with Crippen LogP contribution >= 0.6 is 0 Å². The van der Waals surface area contributed by atoms with Crippen LogP contribution in [-0.2, 0) is 17.8 Å². The Kier molecular flexibility index (Phi) is 2.38. The monoisotopic (exact) mass is 354 g/mol. The van der Waals surface area contributed by atoms with Gasteiger partial charge in [0.2, 0.25) is 0 Å². The van der Waals surface area contributed by atoms with Crippen molar-refractivity contribution in [2.45, 2.75) is 37.5 Å². The van der Waals surface area contributed by atoms with Gasteiger partial charge in [-0.1, -0.05) is 13.8 Å². The number of rotatable bonds is 0. The first-order valence-electron chi connectivity index (χ1n) is 7.97. The van der Waals surface area contributed by atoms with Crippen LogP contribution in [0.1, 0.15) is 53.1 Å². The van der Waals surface area contributed by atoms with Crippen LogP contribution in [0, 0.1) is 5.92 Å². The Balaban J connectivity index is 1.92. The highest BCUT2D eigenvalue weighted by Gasteiger charge is 2.61. The summed E-state index contributed by atoms with van der Waals surface area (Å²) < 4.78 is 79.8. The van der Waals surface area contributed by atoms with Crippen molar-refractivity contribution in [2.24, 2.45) is 5.92 Å². The number of hydrogen-bond donors (Lipinski definition) is 0. The standard InChI is InChI=1S/C19H12F6/c1-7-14-12-5-8(18(20,21)22)3-10-11-4-9(19(23,24)25)6-13(14)16(11)17(7,2)15(10)12/h3-7,14H,1-2H3/t7-,14?,17?/m1/s1. The van der Waals surface area contributed by atoms with E-state index in [9.17, 15) is 26.3 Å². The third kappa shape index (κ3) is 1.53. The Morgan fingerprint density at radius 1 is 0.760 bits per heavy atom. The number of alkyl halides is 6. The molecule has 0 heterocycles. The van der Waals surface area contributed by atoms with Crippen LogP contribution in [0.2, 0.25) is 0 Å². The maximum absolute atomic E-state index is 13.3. The van der Waals surface area contributed by atoms with E-state index in [1.807, 2.05) is 13.8 Å². The molecule has 0 spiro atoms. The van der Waals surface area contributed by atoms with Gasteiger partial charge in [-0.15, -0.1) is 0 Å². The third-order valence-corrected chi connectivity index (χ3v) is 6.40. The molecule has 0 nitrogen and oxygen atoms in total. The fourth-order valence-corrected chi connectivity index (χ4v) is 5.35. The van der Waals surface area contributed by atoms with E-state index < -0.39 is 34.8 Å². The van der Waals surface area contributed by atoms with Crippen LogP contribution in [0.5, 0.6) is 0 Å². The van der Waals surface area contributed by atoms with Crippen molar-refractivity contribution in [3.8, 4) is 11.1 Å². The molecule has 0 radical (unpaired) electrons. The molecule has 0 N–H and O–H groups in total. The molecule has 130 valence electrons. The molecular formula is C19H12F6. The van der Waals surface area contributed by atoms with Crippen LogP contribution in [0.3, 0.4) is 0 Å². The summed E-state index contributed by atoms with van der Waals surface area (Å²) in [7, 11) is 0. The molecular weight excluding hydrogens is 342 g/mol. The van der Waals surface area contributed by atoms with E-state index in [0.29, 0.717) is 22.3 Å². The lowest BCUT2D eigenvalue weighted by atomic mass is 9.78. The number of fused-ring (bicyclic) bond motifs is 4. The van der Waals surface area contributed by atoms with Crippen LogP contribution in [0.4, 0.5) is 26.3 Å². The van der Waals surface area contributed by atoms with Crippen molar-refractivity contribution in [1.29, 1.82) is 0 Å². The van der Waals surface area contributed by atoms with Gasteiger partial charge in [-0.3, -0.25) is 0 Å². The predicted octanol–water partition coefficient (Wildman–Crippen LogP) is 6.11. The van der Waals surface area contributed by atoms with E-state index in [1.54, 1.807) is 0 Å². The molecule has 2 aromatic carbocycles. The summed E-state index contributed by atoms with van der Waals surface area (Å²) in [5.41, 5.74) is 1.25. The molecule has 0 aliphatic heterocycles. The van der Waals surface area contributed by atoms with Crippen LogP contribution in [0.15, 0.2) is 24.3 Å². The fraction of sp³-hybridized carbons (Fsp3) is 0.368. The van der Waals surface area contributed by atoms with Crippen molar-refractivity contribution in [3.05, 3.63) is 57.6 Å². The van der Waals surface area contributed by atoms with Gasteiger partial charge in [0.1, 0.15) is 0 Å². The maximum atomic E-state index is 13.3. The second-order valence-electron chi connectivity index (χ2n) is 7.44. The second kappa shape index (κ2) is 3.89. The van der Waals surface area contributed by atoms with Gasteiger partial charge >= 0.3 is 12.4 Å². The van der Waals surface area contributed by atoms with E-state index in [2.05, 4.69) is 0 Å². The maximum Gasteiger partial charge on any atom is 0.416 e. The Labute approximate surface area is 139 Å². The molecule has 3 aliphatic rings. The van der Waals surface area contributed by atoms with Crippen LogP contribution in [0.25, 0.3) is 11.1 Å². The summed E-state index contributed by atoms with van der Waals surface area (Å²) in [4.78, 5) is 0. The fourth-order valence-electron chi connectivity index (χ4n) is 5.35. The molecule has 2 aromatic rings. The molecule has 5 rings (SSSR count). The zero-order chi connectivity index (χ0) is 18.1. The van der Waals surface area contributed by atoms with Crippen molar-refractivity contribution in [1.82, 2.24) is 0 Å². The van der Waals surface area contributed by atoms with Gasteiger partial charge in [0.05, 0.1) is 11.1 Å². The highest BCUT2D eigenvalue weighted by molar-refractivity contribution is 5.90. The summed E-state index contributed by atoms with van der Waals surface area (Å²) in [6.45, 7) is 3.87. The Morgan fingerprint density at radius 2 is 1.16 bits per heavy atom. The molecule has 0 fully saturated rings. The van der Waals surface area contributed by atoms with Crippen LogP contribution < -0.4 is 0 Å². The molecule has 0 aromatic heterocycles. The van der Waals surface area contributed by atoms with Gasteiger partial charge in [-0.2, -0.15) is 26.3 Å². The summed E-state index contributed by atoms with van der Waals surface area (Å²) in [5, 5.41) is 0. The van der Waals surface area contributed by atoms with Crippen molar-refractivity contribution < 1.29 is 26.3 Å². The summed E-state index contributed by atoms with van der Waals surface area (Å²) in [6.07, 6.45) is -9.05. The Morgan fingerprint density at radius 3 is 1.52 bits per heavy atom. The minimum Gasteiger partial charge on any atom is -0.166 e. The lowest BCUT2D eigenvalue weighted by molar-refractivity contribution is -0.138. The lowest BCUT2D eigenvalue weighted by Crippen LogP contribution is -2.21. The SMILES string of the molecule is C[C@@H]1C2c3cc(C(F)(F)F)cc4c3C1(C)c1c-4cc(C(F)(F)F)cc12. The van der Waals surface area contributed by atoms with Gasteiger partial charge in [-0.25, -0.2) is 0 Å². The quantitative estimate of drug-likeness (QED) is 0.501. The largest absolute Gasteiger partial charge is 0.416 e. The molecule has 6 heteroatoms. The molecule has 0 saturated carbocycles. The number of halogens is 6. The average molecular weight is 354 g/mol. The van der Waals surface area contributed by atoms with E-state index in [4.69, 9.17) is 0 Å². The van der Waals surface area contributed by atoms with Gasteiger partial charge in [0, 0.05) is 11.3 Å². The summed E-state index contributed by atoms with van der Waals surface area (Å²) in [5.74, 6) is -0.455. The normalized spacial score (nSPS) is 28.2. The molecule has 0 amide bonds. The van der Waals surface area contributed by atoms with Gasteiger partial charge in [0.15, 0.2) is 0 Å². The minimum absolute atomic E-state index is 0.0514. The van der Waals surface area contributed by atoms with Crippen molar-refractivity contribution in [3.63, 3.8) is 0 Å². The summed E-state index contributed by atoms with van der Waals surface area (Å²) in [6, 6.07) is 4.31. The molecule has 2 bridgehead atoms. The summed E-state index contributed by atoms with van der Waals surface area (Å²) >= 11 is 0. The van der Waals surface area contributed by atoms with Crippen LogP contribution in [-0.4, -0.2) is 0 Å². The minimum atomic E-state index is -4.52. The number of benzene rings is 2. The average Bonchev–Trinajstić information content (AvgIpc) is 2.97. The molecule has 0 saturated heterocycles. The molecule has 0 unspecified atom stereocenters. The highest BCUT2D eigenvalue weighted by atomic mass is 19.4. The van der Waals surface area contributed by atoms with E-state index in [1.165, 1.54) is 0 Å². The first-order chi connectivity index (χ1) is 11.5. The smallest absolute Gasteiger partial charge is 0.166 e. The first-order valence-corrected chi connectivity index (χ1v) is 7.97. The van der Waals surface area contributed by atoms with E-state index in [-0.39, 0.29) is 5.92 Å².